The molecule has 2 rings (SSSR count). The van der Waals surface area contributed by atoms with E-state index in [0.29, 0.717) is 6.54 Å². The van der Waals surface area contributed by atoms with E-state index in [4.69, 9.17) is 0 Å². The van der Waals surface area contributed by atoms with E-state index < -0.39 is 0 Å². The monoisotopic (exact) mass is 258 g/mol. The fourth-order valence-electron chi connectivity index (χ4n) is 2.04. The second kappa shape index (κ2) is 5.71. The van der Waals surface area contributed by atoms with Gasteiger partial charge in [0.25, 0.3) is 0 Å². The fourth-order valence-corrected chi connectivity index (χ4v) is 2.04. The maximum Gasteiger partial charge on any atom is 0.223 e. The standard InChI is InChI=1S/C15H18N2O2/c1-16(9-12-6-4-3-5-7-12)10-13-8-14(18)15(19)11-17(13)2/h3-8,11,19H,9-10H2,1-2H3. The van der Waals surface area contributed by atoms with Crippen LogP contribution in [0.25, 0.3) is 0 Å². The largest absolute Gasteiger partial charge is 0.503 e. The van der Waals surface area contributed by atoms with Gasteiger partial charge in [0.2, 0.25) is 5.43 Å². The van der Waals surface area contributed by atoms with Gasteiger partial charge in [0.05, 0.1) is 0 Å². The number of rotatable bonds is 4. The maximum atomic E-state index is 11.4. The number of aromatic hydroxyl groups is 1. The van der Waals surface area contributed by atoms with Gasteiger partial charge in [-0.25, -0.2) is 0 Å². The van der Waals surface area contributed by atoms with Crippen molar-refractivity contribution in [1.29, 1.82) is 0 Å². The molecule has 0 aliphatic rings. The van der Waals surface area contributed by atoms with Crippen molar-refractivity contribution < 1.29 is 5.11 Å². The Kier molecular flexibility index (Phi) is 4.02. The minimum Gasteiger partial charge on any atom is -0.503 e. The molecule has 1 heterocycles. The third-order valence-corrected chi connectivity index (χ3v) is 3.05. The zero-order valence-corrected chi connectivity index (χ0v) is 11.2. The molecule has 19 heavy (non-hydrogen) atoms. The molecule has 4 nitrogen and oxygen atoms in total. The summed E-state index contributed by atoms with van der Waals surface area (Å²) in [6.07, 6.45) is 1.45. The van der Waals surface area contributed by atoms with Crippen molar-refractivity contribution in [2.24, 2.45) is 7.05 Å². The third-order valence-electron chi connectivity index (χ3n) is 3.05. The van der Waals surface area contributed by atoms with Gasteiger partial charge in [0.15, 0.2) is 5.75 Å². The van der Waals surface area contributed by atoms with Crippen molar-refractivity contribution in [3.05, 3.63) is 64.1 Å². The van der Waals surface area contributed by atoms with Crippen molar-refractivity contribution in [2.45, 2.75) is 13.1 Å². The lowest BCUT2D eigenvalue weighted by atomic mass is 10.2. The van der Waals surface area contributed by atoms with Gasteiger partial charge in [-0.15, -0.1) is 0 Å². The number of hydrogen-bond donors (Lipinski definition) is 1. The molecule has 0 unspecified atom stereocenters. The highest BCUT2D eigenvalue weighted by atomic mass is 16.3. The van der Waals surface area contributed by atoms with Crippen LogP contribution in [-0.2, 0) is 20.1 Å². The Morgan fingerprint density at radius 2 is 1.89 bits per heavy atom. The number of aromatic nitrogens is 1. The first-order chi connectivity index (χ1) is 9.06. The molecule has 0 spiro atoms. The zero-order valence-electron chi connectivity index (χ0n) is 11.2. The normalized spacial score (nSPS) is 10.9. The lowest BCUT2D eigenvalue weighted by Crippen LogP contribution is -2.21. The topological polar surface area (TPSA) is 45.5 Å². The van der Waals surface area contributed by atoms with Crippen LogP contribution in [0.2, 0.25) is 0 Å². The van der Waals surface area contributed by atoms with Crippen molar-refractivity contribution in [1.82, 2.24) is 9.47 Å². The van der Waals surface area contributed by atoms with Gasteiger partial charge < -0.3 is 9.67 Å². The quantitative estimate of drug-likeness (QED) is 0.908. The molecule has 0 bridgehead atoms. The Bertz CT molecular complexity index is 605. The molecular weight excluding hydrogens is 240 g/mol. The zero-order chi connectivity index (χ0) is 13.8. The lowest BCUT2D eigenvalue weighted by molar-refractivity contribution is 0.309. The molecule has 0 atom stereocenters. The predicted molar refractivity (Wildman–Crippen MR) is 75.0 cm³/mol. The van der Waals surface area contributed by atoms with Crippen LogP contribution in [0.5, 0.6) is 5.75 Å². The van der Waals surface area contributed by atoms with Crippen LogP contribution in [0.1, 0.15) is 11.3 Å². The molecule has 0 aliphatic heterocycles. The second-order valence-electron chi connectivity index (χ2n) is 4.78. The molecule has 2 aromatic rings. The Labute approximate surface area is 112 Å². The van der Waals surface area contributed by atoms with Crippen LogP contribution in [0, 0.1) is 0 Å². The summed E-state index contributed by atoms with van der Waals surface area (Å²) in [6, 6.07) is 11.7. The first kappa shape index (κ1) is 13.4. The van der Waals surface area contributed by atoms with E-state index >= 15 is 0 Å². The maximum absolute atomic E-state index is 11.4. The van der Waals surface area contributed by atoms with E-state index in [0.717, 1.165) is 12.2 Å². The molecule has 4 heteroatoms. The van der Waals surface area contributed by atoms with Crippen LogP contribution in [0.15, 0.2) is 47.4 Å². The molecule has 0 saturated heterocycles. The molecule has 0 saturated carbocycles. The second-order valence-corrected chi connectivity index (χ2v) is 4.78. The van der Waals surface area contributed by atoms with Crippen LogP contribution in [0.3, 0.4) is 0 Å². The molecule has 0 fully saturated rings. The average Bonchev–Trinajstić information content (AvgIpc) is 2.37. The summed E-state index contributed by atoms with van der Waals surface area (Å²) < 4.78 is 1.78. The van der Waals surface area contributed by atoms with Crippen LogP contribution < -0.4 is 5.43 Å². The highest BCUT2D eigenvalue weighted by Gasteiger charge is 2.06. The summed E-state index contributed by atoms with van der Waals surface area (Å²) in [7, 11) is 3.83. The minimum atomic E-state index is -0.332. The number of benzene rings is 1. The van der Waals surface area contributed by atoms with Gasteiger partial charge in [-0.1, -0.05) is 30.3 Å². The summed E-state index contributed by atoms with van der Waals surface area (Å²) in [4.78, 5) is 13.6. The lowest BCUT2D eigenvalue weighted by Gasteiger charge is -2.18. The molecule has 0 aliphatic carbocycles. The smallest absolute Gasteiger partial charge is 0.223 e. The van der Waals surface area contributed by atoms with Gasteiger partial charge >= 0.3 is 0 Å². The Morgan fingerprint density at radius 3 is 2.58 bits per heavy atom. The Balaban J connectivity index is 2.09. The fraction of sp³-hybridized carbons (Fsp3) is 0.267. The van der Waals surface area contributed by atoms with Crippen molar-refractivity contribution in [3.8, 4) is 5.75 Å². The van der Waals surface area contributed by atoms with Gasteiger partial charge in [-0.05, 0) is 12.6 Å². The molecule has 1 aromatic carbocycles. The summed E-state index contributed by atoms with van der Waals surface area (Å²) in [5.41, 5.74) is 1.77. The van der Waals surface area contributed by atoms with E-state index in [1.165, 1.54) is 17.8 Å². The number of pyridine rings is 1. The van der Waals surface area contributed by atoms with E-state index in [2.05, 4.69) is 17.0 Å². The molecule has 0 radical (unpaired) electrons. The van der Waals surface area contributed by atoms with Crippen molar-refractivity contribution in [3.63, 3.8) is 0 Å². The molecule has 100 valence electrons. The predicted octanol–water partition coefficient (Wildman–Crippen LogP) is 1.72. The van der Waals surface area contributed by atoms with Gasteiger partial charge in [0, 0.05) is 38.1 Å². The molecule has 1 N–H and O–H groups in total. The van der Waals surface area contributed by atoms with Crippen LogP contribution >= 0.6 is 0 Å². The molecule has 1 aromatic heterocycles. The highest BCUT2D eigenvalue weighted by molar-refractivity contribution is 5.20. The van der Waals surface area contributed by atoms with Gasteiger partial charge in [-0.2, -0.15) is 0 Å². The van der Waals surface area contributed by atoms with Gasteiger partial charge in [-0.3, -0.25) is 9.69 Å². The third kappa shape index (κ3) is 3.45. The van der Waals surface area contributed by atoms with E-state index in [-0.39, 0.29) is 11.2 Å². The number of nitrogens with zero attached hydrogens (tertiary/aromatic N) is 2. The van der Waals surface area contributed by atoms with Crippen molar-refractivity contribution >= 4 is 0 Å². The van der Waals surface area contributed by atoms with Crippen molar-refractivity contribution in [2.75, 3.05) is 7.05 Å². The number of hydrogen-bond acceptors (Lipinski definition) is 3. The summed E-state index contributed by atoms with van der Waals surface area (Å²) in [5.74, 6) is -0.211. The van der Waals surface area contributed by atoms with Crippen LogP contribution in [-0.4, -0.2) is 21.6 Å². The van der Waals surface area contributed by atoms with Crippen LogP contribution in [0.4, 0.5) is 0 Å². The molecular formula is C15H18N2O2. The average molecular weight is 258 g/mol. The first-order valence-corrected chi connectivity index (χ1v) is 6.17. The Morgan fingerprint density at radius 1 is 1.21 bits per heavy atom. The minimum absolute atomic E-state index is 0.211. The summed E-state index contributed by atoms with van der Waals surface area (Å²) in [5, 5.41) is 9.35. The number of aryl methyl sites for hydroxylation is 1. The first-order valence-electron chi connectivity index (χ1n) is 6.17. The van der Waals surface area contributed by atoms with E-state index in [9.17, 15) is 9.90 Å². The summed E-state index contributed by atoms with van der Waals surface area (Å²) in [6.45, 7) is 1.47. The van der Waals surface area contributed by atoms with E-state index in [1.54, 1.807) is 4.57 Å². The van der Waals surface area contributed by atoms with Gasteiger partial charge in [0.1, 0.15) is 0 Å². The Hall–Kier alpha value is -2.07. The SMILES string of the molecule is CN(Cc1ccccc1)Cc1cc(=O)c(O)cn1C. The highest BCUT2D eigenvalue weighted by Crippen LogP contribution is 2.08. The summed E-state index contributed by atoms with van der Waals surface area (Å²) >= 11 is 0. The van der Waals surface area contributed by atoms with E-state index in [1.807, 2.05) is 32.3 Å². The molecule has 0 amide bonds.